The molecule has 1 aliphatic heterocycles. The Balaban J connectivity index is 1.19. The summed E-state index contributed by atoms with van der Waals surface area (Å²) >= 11 is 1.67. The first-order valence-corrected chi connectivity index (χ1v) is 12.4. The number of rotatable bonds is 7. The normalized spacial score (nSPS) is 19.7. The zero-order valence-electron chi connectivity index (χ0n) is 18.5. The molecule has 1 aliphatic carbocycles. The van der Waals surface area contributed by atoms with Crippen molar-refractivity contribution >= 4 is 17.6 Å². The van der Waals surface area contributed by atoms with E-state index < -0.39 is 0 Å². The van der Waals surface area contributed by atoms with Crippen molar-refractivity contribution in [2.45, 2.75) is 37.0 Å². The van der Waals surface area contributed by atoms with Gasteiger partial charge in [0, 0.05) is 47.2 Å². The number of amidine groups is 1. The number of thioether (sulfide) groups is 1. The topological polar surface area (TPSA) is 97.8 Å². The monoisotopic (exact) mass is 459 g/mol. The van der Waals surface area contributed by atoms with Gasteiger partial charge in [0.05, 0.1) is 11.9 Å². The van der Waals surface area contributed by atoms with Crippen molar-refractivity contribution in [2.75, 3.05) is 12.9 Å². The van der Waals surface area contributed by atoms with Crippen LogP contribution in [-0.4, -0.2) is 38.3 Å². The quantitative estimate of drug-likeness (QED) is 0.495. The molecule has 2 aliphatic rings. The lowest BCUT2D eigenvalue weighted by Gasteiger charge is -2.12. The summed E-state index contributed by atoms with van der Waals surface area (Å²) in [6.45, 7) is 0.324. The summed E-state index contributed by atoms with van der Waals surface area (Å²) in [7, 11) is 0. The minimum Gasteiger partial charge on any atom is -0.283 e. The van der Waals surface area contributed by atoms with E-state index >= 15 is 0 Å². The predicted octanol–water partition coefficient (Wildman–Crippen LogP) is 4.12. The van der Waals surface area contributed by atoms with Gasteiger partial charge in [-0.2, -0.15) is 5.11 Å². The van der Waals surface area contributed by atoms with Gasteiger partial charge in [-0.1, -0.05) is 0 Å². The van der Waals surface area contributed by atoms with Crippen molar-refractivity contribution in [2.24, 2.45) is 27.1 Å². The predicted molar refractivity (Wildman–Crippen MR) is 128 cm³/mol. The van der Waals surface area contributed by atoms with E-state index in [-0.39, 0.29) is 5.56 Å². The van der Waals surface area contributed by atoms with Crippen molar-refractivity contribution in [1.82, 2.24) is 19.5 Å². The zero-order chi connectivity index (χ0) is 22.6. The van der Waals surface area contributed by atoms with Crippen LogP contribution in [-0.2, 0) is 12.8 Å². The van der Waals surface area contributed by atoms with Gasteiger partial charge in [-0.05, 0) is 62.0 Å². The number of aliphatic imine (C=N–C) groups is 1. The van der Waals surface area contributed by atoms with Crippen LogP contribution in [0.5, 0.6) is 0 Å². The maximum absolute atomic E-state index is 12.6. The molecule has 33 heavy (non-hydrogen) atoms. The Bertz CT molecular complexity index is 1230. The summed E-state index contributed by atoms with van der Waals surface area (Å²) in [5.74, 6) is 2.71. The van der Waals surface area contributed by atoms with E-state index in [2.05, 4.69) is 30.2 Å². The van der Waals surface area contributed by atoms with Crippen molar-refractivity contribution in [3.05, 3.63) is 76.5 Å². The Morgan fingerprint density at radius 3 is 2.52 bits per heavy atom. The molecule has 3 aromatic heterocycles. The van der Waals surface area contributed by atoms with E-state index in [4.69, 9.17) is 0 Å². The SMILES string of the molecule is CSc1cnc(C[C@H]2CC[C@H](Cc3ccc(-n4ccc(C5=NCN=N5)cc4=O)cn3)C2)nc1. The third kappa shape index (κ3) is 5.08. The maximum atomic E-state index is 12.6. The second kappa shape index (κ2) is 9.74. The molecule has 0 bridgehead atoms. The first kappa shape index (κ1) is 21.6. The van der Waals surface area contributed by atoms with Crippen LogP contribution in [0.15, 0.2) is 74.0 Å². The number of nitrogens with zero attached hydrogens (tertiary/aromatic N) is 7. The summed E-state index contributed by atoms with van der Waals surface area (Å²) in [4.78, 5) is 31.5. The molecule has 1 fully saturated rings. The molecule has 0 radical (unpaired) electrons. The molecule has 2 atom stereocenters. The fourth-order valence-corrected chi connectivity index (χ4v) is 4.86. The highest BCUT2D eigenvalue weighted by molar-refractivity contribution is 7.98. The number of pyridine rings is 2. The Hall–Kier alpha value is -3.20. The van der Waals surface area contributed by atoms with Gasteiger partial charge >= 0.3 is 0 Å². The molecule has 0 aromatic carbocycles. The van der Waals surface area contributed by atoms with Gasteiger partial charge in [0.25, 0.3) is 5.56 Å². The number of azo groups is 1. The molecule has 0 unspecified atom stereocenters. The van der Waals surface area contributed by atoms with E-state index in [1.165, 1.54) is 25.3 Å². The zero-order valence-corrected chi connectivity index (χ0v) is 19.3. The molecular formula is C24H25N7OS. The largest absolute Gasteiger partial charge is 0.283 e. The molecule has 9 heteroatoms. The van der Waals surface area contributed by atoms with E-state index in [0.717, 1.165) is 34.9 Å². The van der Waals surface area contributed by atoms with Gasteiger partial charge in [-0.3, -0.25) is 14.3 Å². The summed E-state index contributed by atoms with van der Waals surface area (Å²) in [5, 5.41) is 7.78. The molecule has 3 aromatic rings. The van der Waals surface area contributed by atoms with Gasteiger partial charge in [0.15, 0.2) is 12.5 Å². The van der Waals surface area contributed by atoms with Crippen LogP contribution in [0, 0.1) is 11.8 Å². The van der Waals surface area contributed by atoms with Gasteiger partial charge in [0.2, 0.25) is 0 Å². The van der Waals surface area contributed by atoms with E-state index in [1.54, 1.807) is 28.7 Å². The second-order valence-corrected chi connectivity index (χ2v) is 9.37. The van der Waals surface area contributed by atoms with Crippen LogP contribution in [0.25, 0.3) is 5.69 Å². The van der Waals surface area contributed by atoms with Crippen LogP contribution in [0.2, 0.25) is 0 Å². The van der Waals surface area contributed by atoms with Gasteiger partial charge in [-0.25, -0.2) is 15.0 Å². The molecule has 5 rings (SSSR count). The molecule has 0 spiro atoms. The smallest absolute Gasteiger partial charge is 0.255 e. The lowest BCUT2D eigenvalue weighted by molar-refractivity contribution is 0.476. The summed E-state index contributed by atoms with van der Waals surface area (Å²) in [6, 6.07) is 7.36. The average Bonchev–Trinajstić information content (AvgIpc) is 3.53. The summed E-state index contributed by atoms with van der Waals surface area (Å²) in [6.07, 6.45) is 14.9. The number of aromatic nitrogens is 4. The second-order valence-electron chi connectivity index (χ2n) is 8.49. The van der Waals surface area contributed by atoms with E-state index in [9.17, 15) is 4.79 Å². The number of hydrogen-bond donors (Lipinski definition) is 0. The Labute approximate surface area is 196 Å². The third-order valence-corrected chi connectivity index (χ3v) is 6.93. The molecule has 0 saturated heterocycles. The van der Waals surface area contributed by atoms with Crippen LogP contribution in [0.3, 0.4) is 0 Å². The minimum absolute atomic E-state index is 0.140. The third-order valence-electron chi connectivity index (χ3n) is 6.25. The Kier molecular flexibility index (Phi) is 6.39. The van der Waals surface area contributed by atoms with Crippen LogP contribution >= 0.6 is 11.8 Å². The summed E-state index contributed by atoms with van der Waals surface area (Å²) in [5.41, 5.74) is 2.36. The summed E-state index contributed by atoms with van der Waals surface area (Å²) < 4.78 is 1.58. The minimum atomic E-state index is -0.140. The lowest BCUT2D eigenvalue weighted by atomic mass is 9.97. The van der Waals surface area contributed by atoms with Gasteiger partial charge in [0.1, 0.15) is 5.82 Å². The number of hydrogen-bond acceptors (Lipinski definition) is 8. The van der Waals surface area contributed by atoms with Gasteiger partial charge < -0.3 is 0 Å². The first-order chi connectivity index (χ1) is 16.2. The standard InChI is InChI=1S/C24H25N7OS/c1-33-21-13-26-22(27-14-21)10-17-3-2-16(8-17)9-19-4-5-20(12-25-19)31-7-6-18(11-23(31)32)24-28-15-29-30-24/h4-7,11-14,16-17H,2-3,8-10,15H2,1H3/t16-,17-/m0/s1. The molecule has 168 valence electrons. The Morgan fingerprint density at radius 2 is 1.85 bits per heavy atom. The highest BCUT2D eigenvalue weighted by Crippen LogP contribution is 2.34. The molecule has 4 heterocycles. The lowest BCUT2D eigenvalue weighted by Crippen LogP contribution is -2.18. The van der Waals surface area contributed by atoms with Crippen molar-refractivity contribution < 1.29 is 0 Å². The highest BCUT2D eigenvalue weighted by atomic mass is 32.2. The van der Waals surface area contributed by atoms with E-state index in [0.29, 0.717) is 29.9 Å². The van der Waals surface area contributed by atoms with Crippen LogP contribution < -0.4 is 5.56 Å². The van der Waals surface area contributed by atoms with Crippen molar-refractivity contribution in [1.29, 1.82) is 0 Å². The maximum Gasteiger partial charge on any atom is 0.255 e. The molecule has 0 amide bonds. The average molecular weight is 460 g/mol. The van der Waals surface area contributed by atoms with Crippen LogP contribution in [0.1, 0.15) is 36.3 Å². The van der Waals surface area contributed by atoms with Crippen molar-refractivity contribution in [3.8, 4) is 5.69 Å². The molecule has 1 saturated carbocycles. The molecule has 0 N–H and O–H groups in total. The van der Waals surface area contributed by atoms with Gasteiger partial charge in [-0.15, -0.1) is 16.9 Å². The molecular weight excluding hydrogens is 434 g/mol. The van der Waals surface area contributed by atoms with Crippen molar-refractivity contribution in [3.63, 3.8) is 0 Å². The Morgan fingerprint density at radius 1 is 1.03 bits per heavy atom. The van der Waals surface area contributed by atoms with Crippen LogP contribution in [0.4, 0.5) is 0 Å². The fraction of sp³-hybridized carbons (Fsp3) is 0.375. The fourth-order valence-electron chi connectivity index (χ4n) is 4.55. The first-order valence-electron chi connectivity index (χ1n) is 11.1. The highest BCUT2D eigenvalue weighted by Gasteiger charge is 2.26. The molecule has 8 nitrogen and oxygen atoms in total. The van der Waals surface area contributed by atoms with E-state index in [1.807, 2.05) is 36.8 Å².